The minimum absolute atomic E-state index is 0.0700. The number of fused-ring (bicyclic) bond motifs is 1. The molecule has 2 aliphatic rings. The zero-order chi connectivity index (χ0) is 18.1. The SMILES string of the molecule is Cn1nc(CCNC(=O)N2CC(NC(=O)C3CCC3)C2)c2ccccc21. The molecule has 26 heavy (non-hydrogen) atoms. The zero-order valence-corrected chi connectivity index (χ0v) is 15.1. The maximum atomic E-state index is 12.2. The fourth-order valence-electron chi connectivity index (χ4n) is 3.60. The van der Waals surface area contributed by atoms with Crippen LogP contribution in [0.4, 0.5) is 4.79 Å². The summed E-state index contributed by atoms with van der Waals surface area (Å²) in [6, 6.07) is 8.14. The van der Waals surface area contributed by atoms with Gasteiger partial charge in [-0.2, -0.15) is 5.10 Å². The van der Waals surface area contributed by atoms with Crippen molar-refractivity contribution in [1.82, 2.24) is 25.3 Å². The van der Waals surface area contributed by atoms with Gasteiger partial charge in [-0.1, -0.05) is 24.6 Å². The molecule has 1 aliphatic carbocycles. The van der Waals surface area contributed by atoms with Crippen LogP contribution in [0.2, 0.25) is 0 Å². The lowest BCUT2D eigenvalue weighted by atomic mass is 9.84. The van der Waals surface area contributed by atoms with E-state index in [-0.39, 0.29) is 23.9 Å². The number of rotatable bonds is 5. The second-order valence-corrected chi connectivity index (χ2v) is 7.31. The first-order chi connectivity index (χ1) is 12.6. The standard InChI is InChI=1S/C19H25N5O2/c1-23-17-8-3-2-7-15(17)16(22-23)9-10-20-19(26)24-11-14(12-24)21-18(25)13-5-4-6-13/h2-3,7-8,13-14H,4-6,9-12H2,1H3,(H,20,26)(H,21,25). The number of hydrogen-bond acceptors (Lipinski definition) is 3. The first-order valence-electron chi connectivity index (χ1n) is 9.35. The van der Waals surface area contributed by atoms with Gasteiger partial charge >= 0.3 is 6.03 Å². The van der Waals surface area contributed by atoms with Crippen molar-refractivity contribution in [3.05, 3.63) is 30.0 Å². The predicted molar refractivity (Wildman–Crippen MR) is 98.7 cm³/mol. The highest BCUT2D eigenvalue weighted by atomic mass is 16.2. The van der Waals surface area contributed by atoms with E-state index in [1.165, 1.54) is 0 Å². The number of hydrogen-bond donors (Lipinski definition) is 2. The van der Waals surface area contributed by atoms with Crippen LogP contribution >= 0.6 is 0 Å². The topological polar surface area (TPSA) is 79.3 Å². The molecule has 0 spiro atoms. The third kappa shape index (κ3) is 3.25. The Bertz CT molecular complexity index is 820. The summed E-state index contributed by atoms with van der Waals surface area (Å²) < 4.78 is 1.87. The van der Waals surface area contributed by atoms with Crippen molar-refractivity contribution in [2.24, 2.45) is 13.0 Å². The summed E-state index contributed by atoms with van der Waals surface area (Å²) in [6.07, 6.45) is 3.86. The highest BCUT2D eigenvalue weighted by molar-refractivity contribution is 5.82. The Labute approximate surface area is 152 Å². The monoisotopic (exact) mass is 355 g/mol. The lowest BCUT2D eigenvalue weighted by molar-refractivity contribution is -0.129. The highest BCUT2D eigenvalue weighted by Crippen LogP contribution is 2.26. The molecule has 7 heteroatoms. The van der Waals surface area contributed by atoms with Gasteiger partial charge in [0.2, 0.25) is 5.91 Å². The molecule has 4 rings (SSSR count). The number of aromatic nitrogens is 2. The molecule has 1 aromatic heterocycles. The van der Waals surface area contributed by atoms with Crippen molar-refractivity contribution in [1.29, 1.82) is 0 Å². The van der Waals surface area contributed by atoms with Gasteiger partial charge in [0.25, 0.3) is 0 Å². The zero-order valence-electron chi connectivity index (χ0n) is 15.1. The summed E-state index contributed by atoms with van der Waals surface area (Å²) in [5.74, 6) is 0.356. The van der Waals surface area contributed by atoms with E-state index in [0.29, 0.717) is 26.1 Å². The Morgan fingerprint density at radius 1 is 1.23 bits per heavy atom. The number of amides is 3. The Hall–Kier alpha value is -2.57. The summed E-state index contributed by atoms with van der Waals surface area (Å²) in [5, 5.41) is 11.7. The largest absolute Gasteiger partial charge is 0.350 e. The molecule has 1 aliphatic heterocycles. The van der Waals surface area contributed by atoms with Crippen LogP contribution in [0, 0.1) is 5.92 Å². The van der Waals surface area contributed by atoms with Gasteiger partial charge < -0.3 is 15.5 Å². The Balaban J connectivity index is 1.21. The van der Waals surface area contributed by atoms with Gasteiger partial charge in [-0.3, -0.25) is 9.48 Å². The van der Waals surface area contributed by atoms with E-state index in [0.717, 1.165) is 35.9 Å². The van der Waals surface area contributed by atoms with Crippen molar-refractivity contribution in [2.45, 2.75) is 31.7 Å². The average molecular weight is 355 g/mol. The van der Waals surface area contributed by atoms with Crippen LogP contribution in [0.15, 0.2) is 24.3 Å². The molecule has 2 fully saturated rings. The number of nitrogens with zero attached hydrogens (tertiary/aromatic N) is 3. The smallest absolute Gasteiger partial charge is 0.317 e. The van der Waals surface area contributed by atoms with Crippen molar-refractivity contribution < 1.29 is 9.59 Å². The quantitative estimate of drug-likeness (QED) is 0.851. The summed E-state index contributed by atoms with van der Waals surface area (Å²) in [6.45, 7) is 1.74. The summed E-state index contributed by atoms with van der Waals surface area (Å²) in [5.41, 5.74) is 2.10. The van der Waals surface area contributed by atoms with Crippen LogP contribution in [0.25, 0.3) is 10.9 Å². The predicted octanol–water partition coefficient (Wildman–Crippen LogP) is 1.43. The first-order valence-corrected chi connectivity index (χ1v) is 9.35. The number of urea groups is 1. The van der Waals surface area contributed by atoms with Crippen LogP contribution in [0.3, 0.4) is 0 Å². The van der Waals surface area contributed by atoms with Crippen LogP contribution in [0.1, 0.15) is 25.0 Å². The minimum Gasteiger partial charge on any atom is -0.350 e. The normalized spacial score (nSPS) is 17.7. The number of aryl methyl sites for hydroxylation is 1. The molecule has 3 amide bonds. The van der Waals surface area contributed by atoms with Crippen molar-refractivity contribution in [3.63, 3.8) is 0 Å². The molecule has 1 aromatic carbocycles. The van der Waals surface area contributed by atoms with E-state index >= 15 is 0 Å². The maximum absolute atomic E-state index is 12.2. The molecule has 7 nitrogen and oxygen atoms in total. The summed E-state index contributed by atoms with van der Waals surface area (Å²) in [4.78, 5) is 25.8. The Morgan fingerprint density at radius 2 is 2.00 bits per heavy atom. The molecule has 2 aromatic rings. The van der Waals surface area contributed by atoms with Crippen molar-refractivity contribution >= 4 is 22.8 Å². The first kappa shape index (κ1) is 16.9. The summed E-state index contributed by atoms with van der Waals surface area (Å²) in [7, 11) is 1.93. The molecule has 0 radical (unpaired) electrons. The highest BCUT2D eigenvalue weighted by Gasteiger charge is 2.34. The molecule has 0 atom stereocenters. The molecular weight excluding hydrogens is 330 g/mol. The minimum atomic E-state index is -0.0700. The summed E-state index contributed by atoms with van der Waals surface area (Å²) >= 11 is 0. The van der Waals surface area contributed by atoms with Crippen molar-refractivity contribution in [3.8, 4) is 0 Å². The van der Waals surface area contributed by atoms with E-state index in [2.05, 4.69) is 21.8 Å². The number of nitrogens with one attached hydrogen (secondary N) is 2. The second-order valence-electron chi connectivity index (χ2n) is 7.31. The van der Waals surface area contributed by atoms with Gasteiger partial charge in [-0.15, -0.1) is 0 Å². The van der Waals surface area contributed by atoms with Gasteiger partial charge in [-0.25, -0.2) is 4.79 Å². The number of carbonyl (C=O) groups is 2. The van der Waals surface area contributed by atoms with Gasteiger partial charge in [-0.05, 0) is 18.9 Å². The van der Waals surface area contributed by atoms with Crippen LogP contribution in [0.5, 0.6) is 0 Å². The molecule has 0 unspecified atom stereocenters. The van der Waals surface area contributed by atoms with Crippen LogP contribution < -0.4 is 10.6 Å². The van der Waals surface area contributed by atoms with E-state index in [1.807, 2.05) is 29.9 Å². The van der Waals surface area contributed by atoms with E-state index in [4.69, 9.17) is 0 Å². The van der Waals surface area contributed by atoms with E-state index in [9.17, 15) is 9.59 Å². The fourth-order valence-corrected chi connectivity index (χ4v) is 3.60. The van der Waals surface area contributed by atoms with E-state index < -0.39 is 0 Å². The number of carbonyl (C=O) groups excluding carboxylic acids is 2. The molecule has 2 N–H and O–H groups in total. The Morgan fingerprint density at radius 3 is 2.73 bits per heavy atom. The molecule has 1 saturated carbocycles. The molecule has 2 heterocycles. The lowest BCUT2D eigenvalue weighted by Crippen LogP contribution is -2.63. The Kier molecular flexibility index (Phi) is 4.53. The average Bonchev–Trinajstić information content (AvgIpc) is 2.85. The number of para-hydroxylation sites is 1. The van der Waals surface area contributed by atoms with Gasteiger partial charge in [0, 0.05) is 44.4 Å². The third-order valence-electron chi connectivity index (χ3n) is 5.46. The van der Waals surface area contributed by atoms with Crippen LogP contribution in [-0.4, -0.2) is 52.3 Å². The van der Waals surface area contributed by atoms with Crippen LogP contribution in [-0.2, 0) is 18.3 Å². The third-order valence-corrected chi connectivity index (χ3v) is 5.46. The fraction of sp³-hybridized carbons (Fsp3) is 0.526. The molecule has 0 bridgehead atoms. The van der Waals surface area contributed by atoms with E-state index in [1.54, 1.807) is 4.90 Å². The number of likely N-dealkylation sites (tertiary alicyclic amines) is 1. The van der Waals surface area contributed by atoms with Gasteiger partial charge in [0.05, 0.1) is 17.3 Å². The lowest BCUT2D eigenvalue weighted by Gasteiger charge is -2.40. The number of benzene rings is 1. The van der Waals surface area contributed by atoms with Gasteiger partial charge in [0.1, 0.15) is 0 Å². The van der Waals surface area contributed by atoms with Crippen molar-refractivity contribution in [2.75, 3.05) is 19.6 Å². The molecule has 1 saturated heterocycles. The van der Waals surface area contributed by atoms with Gasteiger partial charge in [0.15, 0.2) is 0 Å². The molecular formula is C19H25N5O2. The maximum Gasteiger partial charge on any atom is 0.317 e. The second kappa shape index (κ2) is 6.97. The molecule has 138 valence electrons.